The second kappa shape index (κ2) is 9.33. The molecule has 23 heavy (non-hydrogen) atoms. The zero-order chi connectivity index (χ0) is 16.5. The number of rotatable bonds is 9. The van der Waals surface area contributed by atoms with E-state index in [-0.39, 0.29) is 0 Å². The van der Waals surface area contributed by atoms with Gasteiger partial charge in [0, 0.05) is 13.1 Å². The Morgan fingerprint density at radius 3 is 2.39 bits per heavy atom. The normalized spacial score (nSPS) is 12.3. The third-order valence-corrected chi connectivity index (χ3v) is 3.72. The van der Waals surface area contributed by atoms with E-state index in [1.165, 1.54) is 11.1 Å². The highest BCUT2D eigenvalue weighted by molar-refractivity contribution is 5.26. The summed E-state index contributed by atoms with van der Waals surface area (Å²) >= 11 is 0. The highest BCUT2D eigenvalue weighted by Crippen LogP contribution is 2.12. The van der Waals surface area contributed by atoms with Gasteiger partial charge in [0.05, 0.1) is 0 Å². The summed E-state index contributed by atoms with van der Waals surface area (Å²) in [7, 11) is 0. The van der Waals surface area contributed by atoms with Crippen LogP contribution in [-0.4, -0.2) is 35.8 Å². The van der Waals surface area contributed by atoms with E-state index in [4.69, 9.17) is 4.74 Å². The standard InChI is InChI=1S/C20H27NO2/c1-3-13-21(14-18-7-5-4-6-8-18)15-19(22)16-23-20-11-9-17(2)10-12-20/h4-12,19,22H,3,13-16H2,1-2H3/t19-/m1/s1. The first-order valence-electron chi connectivity index (χ1n) is 8.31. The third-order valence-electron chi connectivity index (χ3n) is 3.72. The Balaban J connectivity index is 1.82. The van der Waals surface area contributed by atoms with Gasteiger partial charge in [-0.05, 0) is 37.6 Å². The van der Waals surface area contributed by atoms with Crippen molar-refractivity contribution in [3.8, 4) is 5.75 Å². The van der Waals surface area contributed by atoms with Crippen LogP contribution in [0.2, 0.25) is 0 Å². The van der Waals surface area contributed by atoms with Crippen molar-refractivity contribution in [2.24, 2.45) is 0 Å². The predicted octanol–water partition coefficient (Wildman–Crippen LogP) is 3.65. The lowest BCUT2D eigenvalue weighted by Gasteiger charge is -2.24. The summed E-state index contributed by atoms with van der Waals surface area (Å²) in [4.78, 5) is 2.28. The lowest BCUT2D eigenvalue weighted by Crippen LogP contribution is -2.35. The van der Waals surface area contributed by atoms with Crippen molar-refractivity contribution in [2.45, 2.75) is 32.9 Å². The highest BCUT2D eigenvalue weighted by atomic mass is 16.5. The Morgan fingerprint density at radius 2 is 1.74 bits per heavy atom. The number of nitrogens with zero attached hydrogens (tertiary/aromatic N) is 1. The van der Waals surface area contributed by atoms with Gasteiger partial charge in [-0.15, -0.1) is 0 Å². The number of ether oxygens (including phenoxy) is 1. The second-order valence-corrected chi connectivity index (χ2v) is 6.00. The van der Waals surface area contributed by atoms with E-state index in [9.17, 15) is 5.11 Å². The van der Waals surface area contributed by atoms with E-state index in [1.54, 1.807) is 0 Å². The maximum atomic E-state index is 10.3. The molecule has 1 atom stereocenters. The van der Waals surface area contributed by atoms with Gasteiger partial charge in [0.2, 0.25) is 0 Å². The van der Waals surface area contributed by atoms with Crippen LogP contribution >= 0.6 is 0 Å². The van der Waals surface area contributed by atoms with Crippen molar-refractivity contribution < 1.29 is 9.84 Å². The first kappa shape index (κ1) is 17.5. The molecular formula is C20H27NO2. The first-order chi connectivity index (χ1) is 11.2. The second-order valence-electron chi connectivity index (χ2n) is 6.00. The van der Waals surface area contributed by atoms with Crippen LogP contribution in [0, 0.1) is 6.92 Å². The largest absolute Gasteiger partial charge is 0.491 e. The summed E-state index contributed by atoms with van der Waals surface area (Å²) in [5.74, 6) is 0.805. The van der Waals surface area contributed by atoms with E-state index < -0.39 is 6.10 Å². The minimum atomic E-state index is -0.494. The maximum absolute atomic E-state index is 10.3. The molecule has 0 saturated carbocycles. The van der Waals surface area contributed by atoms with E-state index in [1.807, 2.05) is 37.3 Å². The van der Waals surface area contributed by atoms with Crippen molar-refractivity contribution in [2.75, 3.05) is 19.7 Å². The van der Waals surface area contributed by atoms with Crippen LogP contribution in [0.5, 0.6) is 5.75 Å². The summed E-state index contributed by atoms with van der Waals surface area (Å²) in [6.45, 7) is 6.97. The minimum Gasteiger partial charge on any atom is -0.491 e. The smallest absolute Gasteiger partial charge is 0.119 e. The zero-order valence-electron chi connectivity index (χ0n) is 14.1. The molecule has 0 unspecified atom stereocenters. The molecular weight excluding hydrogens is 286 g/mol. The Hall–Kier alpha value is -1.84. The number of hydrogen-bond donors (Lipinski definition) is 1. The molecule has 0 amide bonds. The van der Waals surface area contributed by atoms with E-state index >= 15 is 0 Å². The van der Waals surface area contributed by atoms with Crippen molar-refractivity contribution in [1.29, 1.82) is 0 Å². The van der Waals surface area contributed by atoms with Crippen molar-refractivity contribution in [3.63, 3.8) is 0 Å². The molecule has 0 aliphatic carbocycles. The van der Waals surface area contributed by atoms with Crippen molar-refractivity contribution in [3.05, 3.63) is 65.7 Å². The SMILES string of the molecule is CCCN(Cc1ccccc1)C[C@@H](O)COc1ccc(C)cc1. The van der Waals surface area contributed by atoms with Gasteiger partial charge in [0.1, 0.15) is 18.5 Å². The minimum absolute atomic E-state index is 0.318. The summed E-state index contributed by atoms with van der Waals surface area (Å²) in [6.07, 6.45) is 0.574. The predicted molar refractivity (Wildman–Crippen MR) is 94.7 cm³/mol. The number of aliphatic hydroxyl groups excluding tert-OH is 1. The maximum Gasteiger partial charge on any atom is 0.119 e. The highest BCUT2D eigenvalue weighted by Gasteiger charge is 2.12. The Morgan fingerprint density at radius 1 is 1.04 bits per heavy atom. The molecule has 0 aliphatic rings. The molecule has 1 N–H and O–H groups in total. The Bertz CT molecular complexity index is 554. The number of aryl methyl sites for hydroxylation is 1. The van der Waals surface area contributed by atoms with E-state index in [0.717, 1.165) is 25.3 Å². The molecule has 0 bridgehead atoms. The molecule has 2 aromatic carbocycles. The molecule has 3 heteroatoms. The fraction of sp³-hybridized carbons (Fsp3) is 0.400. The lowest BCUT2D eigenvalue weighted by atomic mass is 10.2. The van der Waals surface area contributed by atoms with Gasteiger partial charge in [-0.25, -0.2) is 0 Å². The van der Waals surface area contributed by atoms with Crippen LogP contribution in [0.1, 0.15) is 24.5 Å². The fourth-order valence-electron chi connectivity index (χ4n) is 2.57. The number of hydrogen-bond acceptors (Lipinski definition) is 3. The molecule has 0 radical (unpaired) electrons. The average molecular weight is 313 g/mol. The van der Waals surface area contributed by atoms with Crippen molar-refractivity contribution in [1.82, 2.24) is 4.90 Å². The van der Waals surface area contributed by atoms with E-state index in [2.05, 4.69) is 36.1 Å². The zero-order valence-corrected chi connectivity index (χ0v) is 14.1. The van der Waals surface area contributed by atoms with Crippen LogP contribution in [0.25, 0.3) is 0 Å². The molecule has 0 saturated heterocycles. The summed E-state index contributed by atoms with van der Waals surface area (Å²) in [5.41, 5.74) is 2.47. The first-order valence-corrected chi connectivity index (χ1v) is 8.31. The molecule has 0 heterocycles. The fourth-order valence-corrected chi connectivity index (χ4v) is 2.57. The third kappa shape index (κ3) is 6.43. The number of benzene rings is 2. The topological polar surface area (TPSA) is 32.7 Å². The quantitative estimate of drug-likeness (QED) is 0.767. The summed E-state index contributed by atoms with van der Waals surface area (Å²) < 4.78 is 5.68. The average Bonchev–Trinajstić information content (AvgIpc) is 2.55. The van der Waals surface area contributed by atoms with Crippen LogP contribution in [0.4, 0.5) is 0 Å². The molecule has 0 aromatic heterocycles. The number of aliphatic hydroxyl groups is 1. The van der Waals surface area contributed by atoms with Crippen LogP contribution < -0.4 is 4.74 Å². The molecule has 0 spiro atoms. The molecule has 124 valence electrons. The van der Waals surface area contributed by atoms with Crippen LogP contribution in [-0.2, 0) is 6.54 Å². The molecule has 2 aromatic rings. The van der Waals surface area contributed by atoms with Crippen molar-refractivity contribution >= 4 is 0 Å². The Labute approximate surface area is 139 Å². The van der Waals surface area contributed by atoms with Gasteiger partial charge < -0.3 is 9.84 Å². The summed E-state index contributed by atoms with van der Waals surface area (Å²) in [6, 6.07) is 18.3. The van der Waals surface area contributed by atoms with Gasteiger partial charge in [-0.3, -0.25) is 4.90 Å². The monoisotopic (exact) mass is 313 g/mol. The lowest BCUT2D eigenvalue weighted by molar-refractivity contribution is 0.0656. The molecule has 2 rings (SSSR count). The van der Waals surface area contributed by atoms with Gasteiger partial charge in [-0.1, -0.05) is 55.0 Å². The van der Waals surface area contributed by atoms with Gasteiger partial charge >= 0.3 is 0 Å². The summed E-state index contributed by atoms with van der Waals surface area (Å²) in [5, 5.41) is 10.3. The van der Waals surface area contributed by atoms with Gasteiger partial charge in [0.15, 0.2) is 0 Å². The van der Waals surface area contributed by atoms with Crippen LogP contribution in [0.3, 0.4) is 0 Å². The molecule has 0 fully saturated rings. The molecule has 3 nitrogen and oxygen atoms in total. The van der Waals surface area contributed by atoms with E-state index in [0.29, 0.717) is 13.2 Å². The van der Waals surface area contributed by atoms with Gasteiger partial charge in [0.25, 0.3) is 0 Å². The van der Waals surface area contributed by atoms with Gasteiger partial charge in [-0.2, -0.15) is 0 Å². The Kier molecular flexibility index (Phi) is 7.11. The molecule has 0 aliphatic heterocycles. The van der Waals surface area contributed by atoms with Crippen LogP contribution in [0.15, 0.2) is 54.6 Å².